The van der Waals surface area contributed by atoms with E-state index in [2.05, 4.69) is 30.3 Å². The number of alkyl halides is 1. The lowest BCUT2D eigenvalue weighted by Gasteiger charge is -2.59. The monoisotopic (exact) mass is 230 g/mol. The summed E-state index contributed by atoms with van der Waals surface area (Å²) in [6, 6.07) is 10.7. The highest BCUT2D eigenvalue weighted by molar-refractivity contribution is 5.30. The first-order valence-electron chi connectivity index (χ1n) is 6.92. The molecule has 17 heavy (non-hydrogen) atoms. The molecule has 90 valence electrons. The molecule has 4 fully saturated rings. The summed E-state index contributed by atoms with van der Waals surface area (Å²) < 4.78 is 14.8. The van der Waals surface area contributed by atoms with Crippen LogP contribution >= 0.6 is 0 Å². The van der Waals surface area contributed by atoms with Gasteiger partial charge >= 0.3 is 0 Å². The van der Waals surface area contributed by atoms with E-state index >= 15 is 0 Å². The molecule has 4 saturated carbocycles. The molecule has 0 heterocycles. The number of hydrogen-bond acceptors (Lipinski definition) is 0. The van der Waals surface area contributed by atoms with Gasteiger partial charge in [0.1, 0.15) is 5.67 Å². The van der Waals surface area contributed by atoms with E-state index in [4.69, 9.17) is 0 Å². The van der Waals surface area contributed by atoms with Crippen molar-refractivity contribution in [2.45, 2.75) is 49.6 Å². The van der Waals surface area contributed by atoms with E-state index < -0.39 is 5.67 Å². The Morgan fingerprint density at radius 2 is 1.59 bits per heavy atom. The Morgan fingerprint density at radius 3 is 2.18 bits per heavy atom. The number of halogens is 1. The first-order chi connectivity index (χ1) is 8.18. The van der Waals surface area contributed by atoms with Crippen molar-refractivity contribution < 1.29 is 4.39 Å². The molecule has 0 amide bonds. The Kier molecular flexibility index (Phi) is 1.86. The van der Waals surface area contributed by atoms with Crippen molar-refractivity contribution in [3.05, 3.63) is 35.9 Å². The molecule has 0 nitrogen and oxygen atoms in total. The first kappa shape index (κ1) is 10.1. The summed E-state index contributed by atoms with van der Waals surface area (Å²) in [5.41, 5.74) is 0.746. The van der Waals surface area contributed by atoms with Crippen molar-refractivity contribution in [1.82, 2.24) is 0 Å². The van der Waals surface area contributed by atoms with Gasteiger partial charge in [-0.1, -0.05) is 30.3 Å². The topological polar surface area (TPSA) is 0 Å². The summed E-state index contributed by atoms with van der Waals surface area (Å²) in [6.07, 6.45) is 6.24. The van der Waals surface area contributed by atoms with Gasteiger partial charge in [0.15, 0.2) is 0 Å². The molecule has 1 heteroatoms. The molecule has 0 aromatic heterocycles. The zero-order chi connectivity index (χ0) is 11.5. The number of hydrogen-bond donors (Lipinski definition) is 0. The van der Waals surface area contributed by atoms with E-state index in [1.165, 1.54) is 24.8 Å². The second-order valence-corrected chi connectivity index (χ2v) is 6.76. The van der Waals surface area contributed by atoms with E-state index in [1.807, 2.05) is 0 Å². The third kappa shape index (κ3) is 1.41. The molecular weight excluding hydrogens is 211 g/mol. The van der Waals surface area contributed by atoms with E-state index in [1.54, 1.807) is 0 Å². The van der Waals surface area contributed by atoms with Gasteiger partial charge in [-0.05, 0) is 61.3 Å². The Balaban J connectivity index is 1.79. The molecule has 1 aromatic carbocycles. The zero-order valence-electron chi connectivity index (χ0n) is 10.2. The lowest BCUT2D eigenvalue weighted by Crippen LogP contribution is -2.55. The van der Waals surface area contributed by atoms with Gasteiger partial charge in [0.25, 0.3) is 0 Å². The Bertz CT molecular complexity index is 422. The fourth-order valence-corrected chi connectivity index (χ4v) is 5.28. The fourth-order valence-electron chi connectivity index (χ4n) is 5.28. The summed E-state index contributed by atoms with van der Waals surface area (Å²) in [5, 5.41) is 0. The van der Waals surface area contributed by atoms with E-state index in [-0.39, 0.29) is 5.41 Å². The van der Waals surface area contributed by atoms with Gasteiger partial charge in [-0.2, -0.15) is 0 Å². The molecule has 0 N–H and O–H groups in total. The maximum Gasteiger partial charge on any atom is 0.112 e. The van der Waals surface area contributed by atoms with Crippen molar-refractivity contribution >= 4 is 0 Å². The summed E-state index contributed by atoms with van der Waals surface area (Å²) in [7, 11) is 0. The molecule has 4 bridgehead atoms. The largest absolute Gasteiger partial charge is 0.244 e. The Morgan fingerprint density at radius 1 is 0.941 bits per heavy atom. The van der Waals surface area contributed by atoms with Crippen LogP contribution in [0.25, 0.3) is 0 Å². The lowest BCUT2D eigenvalue weighted by atomic mass is 9.47. The molecular formula is C16H19F. The van der Waals surface area contributed by atoms with Crippen LogP contribution in [-0.4, -0.2) is 5.67 Å². The molecule has 2 unspecified atom stereocenters. The fraction of sp³-hybridized carbons (Fsp3) is 0.625. The maximum atomic E-state index is 14.8. The van der Waals surface area contributed by atoms with Crippen LogP contribution in [0.5, 0.6) is 0 Å². The third-order valence-electron chi connectivity index (χ3n) is 5.38. The minimum atomic E-state index is -0.833. The highest BCUT2D eigenvalue weighted by Gasteiger charge is 2.58. The highest BCUT2D eigenvalue weighted by atomic mass is 19.1. The van der Waals surface area contributed by atoms with Crippen LogP contribution in [0.1, 0.15) is 44.1 Å². The predicted molar refractivity (Wildman–Crippen MR) is 66.6 cm³/mol. The van der Waals surface area contributed by atoms with E-state index in [0.29, 0.717) is 11.8 Å². The summed E-state index contributed by atoms with van der Waals surface area (Å²) in [5.74, 6) is 1.31. The second-order valence-electron chi connectivity index (χ2n) is 6.76. The van der Waals surface area contributed by atoms with Gasteiger partial charge < -0.3 is 0 Å². The van der Waals surface area contributed by atoms with E-state index in [0.717, 1.165) is 19.3 Å². The van der Waals surface area contributed by atoms with Crippen LogP contribution in [0.3, 0.4) is 0 Å². The normalized spacial score (nSPS) is 47.4. The minimum Gasteiger partial charge on any atom is -0.244 e. The molecule has 2 atom stereocenters. The maximum absolute atomic E-state index is 14.8. The van der Waals surface area contributed by atoms with Crippen molar-refractivity contribution in [1.29, 1.82) is 0 Å². The second kappa shape index (κ2) is 3.13. The van der Waals surface area contributed by atoms with Crippen LogP contribution < -0.4 is 0 Å². The highest BCUT2D eigenvalue weighted by Crippen LogP contribution is 2.63. The molecule has 1 aromatic rings. The summed E-state index contributed by atoms with van der Waals surface area (Å²) in [4.78, 5) is 0. The minimum absolute atomic E-state index is 0.181. The van der Waals surface area contributed by atoms with Crippen LogP contribution in [0, 0.1) is 11.8 Å². The van der Waals surface area contributed by atoms with Crippen molar-refractivity contribution in [2.75, 3.05) is 0 Å². The standard InChI is InChI=1S/C16H19F/c17-16-9-12-6-13(10-16)8-15(7-12,11-16)14-4-2-1-3-5-14/h1-5,12-13H,6-11H2. The number of rotatable bonds is 1. The molecule has 0 radical (unpaired) electrons. The van der Waals surface area contributed by atoms with Crippen LogP contribution in [0.15, 0.2) is 30.3 Å². The quantitative estimate of drug-likeness (QED) is 0.676. The predicted octanol–water partition coefficient (Wildman–Crippen LogP) is 4.25. The summed E-state index contributed by atoms with van der Waals surface area (Å²) in [6.45, 7) is 0. The van der Waals surface area contributed by atoms with Crippen molar-refractivity contribution in [3.63, 3.8) is 0 Å². The first-order valence-corrected chi connectivity index (χ1v) is 6.92. The Labute approximate surface area is 102 Å². The molecule has 4 aliphatic carbocycles. The summed E-state index contributed by atoms with van der Waals surface area (Å²) >= 11 is 0. The van der Waals surface area contributed by atoms with Crippen LogP contribution in [0.2, 0.25) is 0 Å². The molecule has 0 saturated heterocycles. The average Bonchev–Trinajstić information content (AvgIpc) is 2.27. The third-order valence-corrected chi connectivity index (χ3v) is 5.38. The molecule has 5 rings (SSSR count). The van der Waals surface area contributed by atoms with Crippen molar-refractivity contribution in [3.8, 4) is 0 Å². The van der Waals surface area contributed by atoms with Crippen molar-refractivity contribution in [2.24, 2.45) is 11.8 Å². The van der Waals surface area contributed by atoms with Gasteiger partial charge in [-0.15, -0.1) is 0 Å². The van der Waals surface area contributed by atoms with Crippen LogP contribution in [0.4, 0.5) is 4.39 Å². The average molecular weight is 230 g/mol. The van der Waals surface area contributed by atoms with E-state index in [9.17, 15) is 4.39 Å². The number of benzene rings is 1. The molecule has 0 spiro atoms. The SMILES string of the molecule is FC12CC3CC(C1)CC(c1ccccc1)(C3)C2. The molecule has 0 aliphatic heterocycles. The van der Waals surface area contributed by atoms with Gasteiger partial charge in [-0.25, -0.2) is 4.39 Å². The molecule has 4 aliphatic rings. The van der Waals surface area contributed by atoms with Gasteiger partial charge in [0.05, 0.1) is 0 Å². The smallest absolute Gasteiger partial charge is 0.112 e. The van der Waals surface area contributed by atoms with Crippen LogP contribution in [-0.2, 0) is 5.41 Å². The van der Waals surface area contributed by atoms with Gasteiger partial charge in [-0.3, -0.25) is 0 Å². The van der Waals surface area contributed by atoms with Gasteiger partial charge in [0, 0.05) is 0 Å². The Hall–Kier alpha value is -0.850. The lowest BCUT2D eigenvalue weighted by molar-refractivity contribution is -0.0893. The zero-order valence-corrected chi connectivity index (χ0v) is 10.2. The van der Waals surface area contributed by atoms with Gasteiger partial charge in [0.2, 0.25) is 0 Å².